The van der Waals surface area contributed by atoms with Crippen LogP contribution in [0.15, 0.2) is 58.1 Å². The Morgan fingerprint density at radius 1 is 1.00 bits per heavy atom. The summed E-state index contributed by atoms with van der Waals surface area (Å²) in [5.74, 6) is 1.22. The molecule has 2 aliphatic rings. The molecule has 1 aromatic carbocycles. The molecule has 3 nitrogen and oxygen atoms in total. The number of amides is 1. The third kappa shape index (κ3) is 5.15. The van der Waals surface area contributed by atoms with Crippen molar-refractivity contribution in [3.05, 3.63) is 58.6 Å². The van der Waals surface area contributed by atoms with E-state index in [4.69, 9.17) is 0 Å². The van der Waals surface area contributed by atoms with Gasteiger partial charge in [-0.15, -0.1) is 0 Å². The van der Waals surface area contributed by atoms with Crippen LogP contribution in [-0.4, -0.2) is 12.1 Å². The first-order valence-corrected chi connectivity index (χ1v) is 9.94. The first-order valence-electron chi connectivity index (χ1n) is 9.15. The van der Waals surface area contributed by atoms with Crippen LogP contribution in [-0.2, 0) is 4.79 Å². The van der Waals surface area contributed by atoms with Gasteiger partial charge in [0.2, 0.25) is 5.91 Å². The van der Waals surface area contributed by atoms with Crippen LogP contribution in [0.3, 0.4) is 0 Å². The van der Waals surface area contributed by atoms with Crippen molar-refractivity contribution >= 4 is 28.1 Å². The number of carbonyl (C=O) groups excluding carboxylic acids is 1. The molecule has 25 heavy (non-hydrogen) atoms. The molecule has 1 fully saturated rings. The van der Waals surface area contributed by atoms with Crippen molar-refractivity contribution in [2.45, 2.75) is 38.5 Å². The highest BCUT2D eigenvalue weighted by atomic mass is 79.9. The molecule has 0 heterocycles. The van der Waals surface area contributed by atoms with Crippen molar-refractivity contribution in [1.29, 1.82) is 0 Å². The number of fused-ring (bicyclic) bond motifs is 1. The van der Waals surface area contributed by atoms with Gasteiger partial charge in [-0.05, 0) is 56.4 Å². The van der Waals surface area contributed by atoms with Gasteiger partial charge in [0.05, 0.1) is 6.21 Å². The van der Waals surface area contributed by atoms with E-state index in [1.807, 2.05) is 24.3 Å². The van der Waals surface area contributed by atoms with Gasteiger partial charge in [0.15, 0.2) is 0 Å². The van der Waals surface area contributed by atoms with E-state index < -0.39 is 0 Å². The third-order valence-electron chi connectivity index (χ3n) is 5.08. The van der Waals surface area contributed by atoms with Crippen LogP contribution in [0.25, 0.3) is 0 Å². The van der Waals surface area contributed by atoms with Crippen molar-refractivity contribution in [1.82, 2.24) is 5.43 Å². The molecule has 1 amide bonds. The number of hydrazone groups is 1. The van der Waals surface area contributed by atoms with Crippen LogP contribution in [0, 0.1) is 17.8 Å². The summed E-state index contributed by atoms with van der Waals surface area (Å²) in [6.07, 6.45) is 17.4. The number of nitrogens with zero attached hydrogens (tertiary/aromatic N) is 1. The molecular formula is C21H25BrN2O. The van der Waals surface area contributed by atoms with Crippen LogP contribution in [0.5, 0.6) is 0 Å². The van der Waals surface area contributed by atoms with Crippen LogP contribution >= 0.6 is 15.9 Å². The Morgan fingerprint density at radius 2 is 1.60 bits per heavy atom. The fourth-order valence-corrected chi connectivity index (χ4v) is 4.07. The Morgan fingerprint density at radius 3 is 2.24 bits per heavy atom. The second kappa shape index (κ2) is 9.14. The predicted octanol–water partition coefficient (Wildman–Crippen LogP) is 5.23. The molecule has 0 spiro atoms. The van der Waals surface area contributed by atoms with Gasteiger partial charge >= 0.3 is 0 Å². The van der Waals surface area contributed by atoms with Gasteiger partial charge in [-0.1, -0.05) is 58.4 Å². The second-order valence-electron chi connectivity index (χ2n) is 6.78. The molecule has 0 bridgehead atoms. The van der Waals surface area contributed by atoms with E-state index in [0.717, 1.165) is 48.6 Å². The molecule has 2 unspecified atom stereocenters. The van der Waals surface area contributed by atoms with E-state index in [-0.39, 0.29) is 11.8 Å². The van der Waals surface area contributed by atoms with Gasteiger partial charge in [0.1, 0.15) is 0 Å². The molecule has 1 saturated carbocycles. The lowest BCUT2D eigenvalue weighted by molar-refractivity contribution is -0.122. The SMILES string of the molecule is O=C(N/N=C/c1ccccc1Br)C1C2CCC=CCCC=CCCC21. The Kier molecular flexibility index (Phi) is 6.62. The monoisotopic (exact) mass is 400 g/mol. The maximum absolute atomic E-state index is 12.5. The van der Waals surface area contributed by atoms with Crippen LogP contribution in [0.4, 0.5) is 0 Å². The molecule has 2 aliphatic carbocycles. The van der Waals surface area contributed by atoms with Gasteiger partial charge in [-0.25, -0.2) is 5.43 Å². The number of halogens is 1. The highest BCUT2D eigenvalue weighted by molar-refractivity contribution is 9.10. The Hall–Kier alpha value is -1.68. The van der Waals surface area contributed by atoms with Gasteiger partial charge in [-0.2, -0.15) is 5.10 Å². The van der Waals surface area contributed by atoms with E-state index in [9.17, 15) is 4.79 Å². The Balaban J connectivity index is 1.55. The zero-order chi connectivity index (χ0) is 17.5. The van der Waals surface area contributed by atoms with Crippen molar-refractivity contribution in [3.63, 3.8) is 0 Å². The van der Waals surface area contributed by atoms with Crippen molar-refractivity contribution in [2.75, 3.05) is 0 Å². The molecule has 0 saturated heterocycles. The summed E-state index contributed by atoms with van der Waals surface area (Å²) < 4.78 is 0.972. The summed E-state index contributed by atoms with van der Waals surface area (Å²) in [6, 6.07) is 7.83. The van der Waals surface area contributed by atoms with Gasteiger partial charge in [0.25, 0.3) is 0 Å². The lowest BCUT2D eigenvalue weighted by Crippen LogP contribution is -2.21. The molecule has 4 heteroatoms. The van der Waals surface area contributed by atoms with Crippen molar-refractivity contribution in [3.8, 4) is 0 Å². The summed E-state index contributed by atoms with van der Waals surface area (Å²) in [5, 5.41) is 4.15. The normalized spacial score (nSPS) is 26.5. The van der Waals surface area contributed by atoms with Crippen LogP contribution in [0.1, 0.15) is 44.1 Å². The zero-order valence-corrected chi connectivity index (χ0v) is 16.0. The highest BCUT2D eigenvalue weighted by Gasteiger charge is 2.52. The van der Waals surface area contributed by atoms with E-state index in [0.29, 0.717) is 11.8 Å². The van der Waals surface area contributed by atoms with Crippen LogP contribution < -0.4 is 5.43 Å². The number of nitrogens with one attached hydrogen (secondary N) is 1. The molecule has 132 valence electrons. The molecule has 1 aromatic rings. The highest BCUT2D eigenvalue weighted by Crippen LogP contribution is 2.52. The minimum atomic E-state index is 0.0705. The molecule has 0 radical (unpaired) electrons. The summed E-state index contributed by atoms with van der Waals surface area (Å²) >= 11 is 3.48. The first kappa shape index (κ1) is 18.1. The fourth-order valence-electron chi connectivity index (χ4n) is 3.68. The van der Waals surface area contributed by atoms with Gasteiger partial charge in [0, 0.05) is 16.0 Å². The lowest BCUT2D eigenvalue weighted by Gasteiger charge is -2.00. The van der Waals surface area contributed by atoms with Crippen molar-refractivity contribution in [2.24, 2.45) is 22.9 Å². The number of hydrogen-bond acceptors (Lipinski definition) is 2. The largest absolute Gasteiger partial charge is 0.273 e. The zero-order valence-electron chi connectivity index (χ0n) is 14.4. The molecule has 2 atom stereocenters. The minimum Gasteiger partial charge on any atom is -0.273 e. The van der Waals surface area contributed by atoms with E-state index >= 15 is 0 Å². The Labute approximate surface area is 158 Å². The maximum Gasteiger partial charge on any atom is 0.243 e. The molecule has 3 rings (SSSR count). The quantitative estimate of drug-likeness (QED) is 0.421. The lowest BCUT2D eigenvalue weighted by atomic mass is 10.1. The minimum absolute atomic E-state index is 0.0705. The van der Waals surface area contributed by atoms with Crippen LogP contribution in [0.2, 0.25) is 0 Å². The average molecular weight is 401 g/mol. The summed E-state index contributed by atoms with van der Waals surface area (Å²) in [4.78, 5) is 12.5. The Bertz CT molecular complexity index is 656. The van der Waals surface area contributed by atoms with Gasteiger partial charge in [-0.3, -0.25) is 4.79 Å². The summed E-state index contributed by atoms with van der Waals surface area (Å²) in [5.41, 5.74) is 3.71. The molecule has 0 aliphatic heterocycles. The number of hydrogen-bond donors (Lipinski definition) is 1. The smallest absolute Gasteiger partial charge is 0.243 e. The van der Waals surface area contributed by atoms with E-state index in [1.165, 1.54) is 0 Å². The third-order valence-corrected chi connectivity index (χ3v) is 5.81. The number of benzene rings is 1. The first-order chi connectivity index (χ1) is 12.3. The number of allylic oxidation sites excluding steroid dienone is 4. The average Bonchev–Trinajstić information content (AvgIpc) is 3.29. The fraction of sp³-hybridized carbons (Fsp3) is 0.429. The molecule has 1 N–H and O–H groups in total. The second-order valence-corrected chi connectivity index (χ2v) is 7.64. The maximum atomic E-state index is 12.5. The number of carbonyl (C=O) groups is 1. The van der Waals surface area contributed by atoms with Gasteiger partial charge < -0.3 is 0 Å². The molecular weight excluding hydrogens is 376 g/mol. The van der Waals surface area contributed by atoms with Crippen molar-refractivity contribution < 1.29 is 4.79 Å². The van der Waals surface area contributed by atoms with E-state index in [1.54, 1.807) is 6.21 Å². The summed E-state index contributed by atoms with van der Waals surface area (Å²) in [7, 11) is 0. The number of rotatable bonds is 3. The summed E-state index contributed by atoms with van der Waals surface area (Å²) in [6.45, 7) is 0. The predicted molar refractivity (Wildman–Crippen MR) is 106 cm³/mol. The van der Waals surface area contributed by atoms with E-state index in [2.05, 4.69) is 50.8 Å². The molecule has 0 aromatic heterocycles. The standard InChI is InChI=1S/C21H25BrN2O/c22-19-14-10-9-11-16(19)15-23-24-21(25)20-17-12-7-5-3-1-2-4-6-8-13-18(17)20/h3-6,9-11,14-15,17-18,20H,1-2,7-8,12-13H2,(H,24,25)/b5-3?,6-4?,23-15+. The topological polar surface area (TPSA) is 41.5 Å².